The zero-order valence-corrected chi connectivity index (χ0v) is 26.0. The summed E-state index contributed by atoms with van der Waals surface area (Å²) in [6.07, 6.45) is -0.363. The van der Waals surface area contributed by atoms with Crippen molar-refractivity contribution in [3.8, 4) is 0 Å². The topological polar surface area (TPSA) is 114 Å². The third-order valence-corrected chi connectivity index (χ3v) is 9.55. The highest BCUT2D eigenvalue weighted by Crippen LogP contribution is 2.45. The number of carbonyl (C=O) groups is 3. The van der Waals surface area contributed by atoms with Gasteiger partial charge in [0.05, 0.1) is 6.42 Å². The average Bonchev–Trinajstić information content (AvgIpc) is 3.50. The van der Waals surface area contributed by atoms with Crippen LogP contribution in [0.3, 0.4) is 0 Å². The summed E-state index contributed by atoms with van der Waals surface area (Å²) in [4.78, 5) is 39.8. The smallest absolute Gasteiger partial charge is 0.253 e. The molecule has 2 N–H and O–H groups in total. The lowest BCUT2D eigenvalue weighted by atomic mass is 10.0. The molecule has 1 fully saturated rings. The minimum absolute atomic E-state index is 0.127. The zero-order valence-electron chi connectivity index (χ0n) is 23.5. The van der Waals surface area contributed by atoms with E-state index in [-0.39, 0.29) is 34.6 Å². The Bertz CT molecular complexity index is 1690. The molecule has 4 aromatic rings. The van der Waals surface area contributed by atoms with Crippen LogP contribution >= 0.6 is 35.3 Å². The van der Waals surface area contributed by atoms with Gasteiger partial charge in [-0.2, -0.15) is 0 Å². The van der Waals surface area contributed by atoms with Crippen LogP contribution in [-0.2, 0) is 25.5 Å². The number of fused-ring (bicyclic) bond motifs is 1. The van der Waals surface area contributed by atoms with Crippen molar-refractivity contribution in [3.05, 3.63) is 118 Å². The Morgan fingerprint density at radius 3 is 2.20 bits per heavy atom. The fourth-order valence-corrected chi connectivity index (χ4v) is 7.66. The van der Waals surface area contributed by atoms with Gasteiger partial charge >= 0.3 is 0 Å². The molecule has 0 saturated carbocycles. The number of amides is 3. The molecule has 44 heavy (non-hydrogen) atoms. The molecule has 2 atom stereocenters. The average molecular weight is 642 g/mol. The molecule has 1 saturated heterocycles. The molecular weight excluding hydrogens is 615 g/mol. The van der Waals surface area contributed by atoms with Gasteiger partial charge in [0.25, 0.3) is 5.91 Å². The molecule has 9 nitrogen and oxygen atoms in total. The van der Waals surface area contributed by atoms with Crippen LogP contribution in [0.5, 0.6) is 0 Å². The lowest BCUT2D eigenvalue weighted by Crippen LogP contribution is -2.70. The van der Waals surface area contributed by atoms with Crippen LogP contribution in [0, 0.1) is 0 Å². The van der Waals surface area contributed by atoms with Gasteiger partial charge in [-0.15, -0.1) is 22.0 Å². The van der Waals surface area contributed by atoms with Crippen LogP contribution in [0.25, 0.3) is 5.57 Å². The van der Waals surface area contributed by atoms with Gasteiger partial charge in [-0.25, -0.2) is 0 Å². The molecule has 3 aromatic carbocycles. The summed E-state index contributed by atoms with van der Waals surface area (Å²) in [6.45, 7) is 1.40. The van der Waals surface area contributed by atoms with Gasteiger partial charge in [-0.05, 0) is 28.9 Å². The minimum Gasteiger partial charge on any atom is -0.469 e. The molecule has 0 aliphatic carbocycles. The van der Waals surface area contributed by atoms with E-state index >= 15 is 0 Å². The predicted octanol–water partition coefficient (Wildman–Crippen LogP) is 4.98. The molecule has 1 aromatic heterocycles. The van der Waals surface area contributed by atoms with Crippen molar-refractivity contribution in [2.24, 2.45) is 0 Å². The van der Waals surface area contributed by atoms with Gasteiger partial charge < -0.3 is 15.4 Å². The fraction of sp³-hybridized carbons (Fsp3) is 0.188. The van der Waals surface area contributed by atoms with E-state index in [1.54, 1.807) is 4.90 Å². The number of nitrogens with one attached hydrogen (secondary N) is 2. The Hall–Kier alpha value is -4.39. The highest BCUT2D eigenvalue weighted by atomic mass is 32.2. The largest absolute Gasteiger partial charge is 0.469 e. The van der Waals surface area contributed by atoms with E-state index < -0.39 is 12.1 Å². The van der Waals surface area contributed by atoms with Crippen LogP contribution in [0.1, 0.15) is 34.7 Å². The van der Waals surface area contributed by atoms with Crippen LogP contribution in [0.2, 0.25) is 0 Å². The number of rotatable bonds is 9. The van der Waals surface area contributed by atoms with E-state index in [1.807, 2.05) is 91.0 Å². The van der Waals surface area contributed by atoms with Crippen molar-refractivity contribution in [1.29, 1.82) is 0 Å². The van der Waals surface area contributed by atoms with Crippen molar-refractivity contribution in [3.63, 3.8) is 0 Å². The standard InChI is InChI=1S/C32H27N5O4S3/c1-19(38)33-32-36-35-28(44-32)23-18-43-30-25(34-24(39)17-20-11-5-2-6-12-20)29(40)37(30)26(23)31(42)41-27(21-13-7-3-8-14-21)22-15-9-4-10-16-22/h2-16,25,27,30H,17-18H2,1H3,(H,34,39)(H,33,36,38)/t25-,30-/m1/s1. The van der Waals surface area contributed by atoms with Crippen molar-refractivity contribution < 1.29 is 19.1 Å². The highest BCUT2D eigenvalue weighted by molar-refractivity contribution is 8.00. The van der Waals surface area contributed by atoms with E-state index in [0.29, 0.717) is 27.2 Å². The number of β-lactam (4-membered cyclic amide) rings is 1. The highest BCUT2D eigenvalue weighted by Gasteiger charge is 2.54. The molecule has 222 valence electrons. The molecule has 0 spiro atoms. The molecule has 2 aliphatic heterocycles. The van der Waals surface area contributed by atoms with E-state index in [0.717, 1.165) is 16.7 Å². The Labute approximate surface area is 267 Å². The lowest BCUT2D eigenvalue weighted by Gasteiger charge is -2.50. The van der Waals surface area contributed by atoms with Crippen LogP contribution < -0.4 is 10.6 Å². The summed E-state index contributed by atoms with van der Waals surface area (Å²) >= 11 is 8.64. The fourth-order valence-electron chi connectivity index (χ4n) is 5.07. The van der Waals surface area contributed by atoms with Crippen LogP contribution in [-0.4, -0.2) is 55.0 Å². The van der Waals surface area contributed by atoms with Gasteiger partial charge in [0, 0.05) is 18.2 Å². The van der Waals surface area contributed by atoms with Crippen molar-refractivity contribution >= 4 is 68.8 Å². The molecule has 0 radical (unpaired) electrons. The maximum Gasteiger partial charge on any atom is 0.253 e. The maximum absolute atomic E-state index is 13.7. The molecule has 12 heteroatoms. The molecule has 3 heterocycles. The first-order valence-electron chi connectivity index (χ1n) is 13.8. The third-order valence-electron chi connectivity index (χ3n) is 7.08. The quantitative estimate of drug-likeness (QED) is 0.194. The second kappa shape index (κ2) is 13.1. The van der Waals surface area contributed by atoms with Gasteiger partial charge in [-0.1, -0.05) is 102 Å². The number of benzene rings is 3. The number of nitrogens with zero attached hydrogens (tertiary/aromatic N) is 3. The molecule has 0 unspecified atom stereocenters. The summed E-state index contributed by atoms with van der Waals surface area (Å²) in [6, 6.07) is 28.1. The molecule has 0 bridgehead atoms. The number of thioether (sulfide) groups is 1. The third kappa shape index (κ3) is 6.28. The van der Waals surface area contributed by atoms with Crippen molar-refractivity contribution in [1.82, 2.24) is 20.4 Å². The SMILES string of the molecule is CC(=O)Nc1nnc(C2=C(C(=S)OC(c3ccccc3)c3ccccc3)N3C(=O)[C@@H](NC(=O)Cc4ccccc4)[C@H]3SC2)s1. The molecule has 6 rings (SSSR count). The lowest BCUT2D eigenvalue weighted by molar-refractivity contribution is -0.145. The molecule has 2 aliphatic rings. The van der Waals surface area contributed by atoms with Crippen molar-refractivity contribution in [2.75, 3.05) is 11.1 Å². The van der Waals surface area contributed by atoms with Gasteiger partial charge in [-0.3, -0.25) is 19.3 Å². The number of carbonyl (C=O) groups excluding carboxylic acids is 3. The maximum atomic E-state index is 13.7. The monoisotopic (exact) mass is 641 g/mol. The summed E-state index contributed by atoms with van der Waals surface area (Å²) in [5.74, 6) is -0.347. The minimum atomic E-state index is -0.709. The number of hydrogen-bond acceptors (Lipinski definition) is 9. The summed E-state index contributed by atoms with van der Waals surface area (Å²) in [7, 11) is 0. The molecular formula is C32H27N5O4S3. The Kier molecular flexibility index (Phi) is 8.82. The second-order valence-corrected chi connectivity index (χ2v) is 12.6. The van der Waals surface area contributed by atoms with Gasteiger partial charge in [0.2, 0.25) is 22.0 Å². The Balaban J connectivity index is 1.32. The number of ether oxygens (including phenoxy) is 1. The Morgan fingerprint density at radius 2 is 1.59 bits per heavy atom. The summed E-state index contributed by atoms with van der Waals surface area (Å²) in [5, 5.41) is 14.6. The summed E-state index contributed by atoms with van der Waals surface area (Å²) < 4.78 is 6.55. The van der Waals surface area contributed by atoms with E-state index in [2.05, 4.69) is 20.8 Å². The van der Waals surface area contributed by atoms with Crippen molar-refractivity contribution in [2.45, 2.75) is 30.9 Å². The van der Waals surface area contributed by atoms with Crippen LogP contribution in [0.4, 0.5) is 5.13 Å². The molecule has 3 amide bonds. The van der Waals surface area contributed by atoms with Crippen LogP contribution in [0.15, 0.2) is 96.7 Å². The number of hydrogen-bond donors (Lipinski definition) is 2. The normalized spacial score (nSPS) is 17.5. The number of anilines is 1. The first-order chi connectivity index (χ1) is 21.4. The van der Waals surface area contributed by atoms with E-state index in [4.69, 9.17) is 17.0 Å². The Morgan fingerprint density at radius 1 is 0.977 bits per heavy atom. The summed E-state index contributed by atoms with van der Waals surface area (Å²) in [5.41, 5.74) is 3.75. The first kappa shape index (κ1) is 29.7. The number of thiocarbonyl (C=S) groups is 1. The van der Waals surface area contributed by atoms with E-state index in [1.165, 1.54) is 30.0 Å². The van der Waals surface area contributed by atoms with E-state index in [9.17, 15) is 14.4 Å². The predicted molar refractivity (Wildman–Crippen MR) is 175 cm³/mol. The second-order valence-electron chi connectivity index (χ2n) is 10.1. The van der Waals surface area contributed by atoms with Gasteiger partial charge in [0.1, 0.15) is 28.2 Å². The number of aromatic nitrogens is 2. The zero-order chi connectivity index (χ0) is 30.6. The van der Waals surface area contributed by atoms with Gasteiger partial charge in [0.15, 0.2) is 0 Å². The first-order valence-corrected chi connectivity index (χ1v) is 16.1.